The van der Waals surface area contributed by atoms with E-state index >= 15 is 0 Å². The fourth-order valence-electron chi connectivity index (χ4n) is 2.23. The zero-order valence-corrected chi connectivity index (χ0v) is 13.2. The van der Waals surface area contributed by atoms with Gasteiger partial charge in [-0.2, -0.15) is 15.0 Å². The monoisotopic (exact) mass is 295 g/mol. The average Bonchev–Trinajstić information content (AvgIpc) is 2.45. The number of hydrogen-bond donors (Lipinski definition) is 3. The minimum Gasteiger partial charge on any atom is -0.464 e. The van der Waals surface area contributed by atoms with E-state index < -0.39 is 0 Å². The van der Waals surface area contributed by atoms with Crippen molar-refractivity contribution in [1.29, 1.82) is 0 Å². The summed E-state index contributed by atoms with van der Waals surface area (Å²) in [6.45, 7) is 9.32. The van der Waals surface area contributed by atoms with E-state index in [2.05, 4.69) is 32.5 Å². The Balaban J connectivity index is 2.12. The lowest BCUT2D eigenvalue weighted by molar-refractivity contribution is -0.0513. The zero-order valence-electron chi connectivity index (χ0n) is 13.2. The lowest BCUT2D eigenvalue weighted by Gasteiger charge is -2.49. The van der Waals surface area contributed by atoms with Crippen molar-refractivity contribution < 1.29 is 9.84 Å². The van der Waals surface area contributed by atoms with Crippen LogP contribution in [0, 0.1) is 5.41 Å². The number of hydrogen-bond acceptors (Lipinski definition) is 7. The van der Waals surface area contributed by atoms with Crippen LogP contribution in [0.2, 0.25) is 0 Å². The number of rotatable bonds is 7. The normalized spacial score (nSPS) is 23.3. The van der Waals surface area contributed by atoms with Gasteiger partial charge in [-0.3, -0.25) is 0 Å². The molecular formula is C14H25N5O2. The number of anilines is 2. The molecule has 0 radical (unpaired) electrons. The molecule has 2 rings (SSSR count). The van der Waals surface area contributed by atoms with Gasteiger partial charge >= 0.3 is 6.01 Å². The lowest BCUT2D eigenvalue weighted by Crippen LogP contribution is -2.57. The van der Waals surface area contributed by atoms with Gasteiger partial charge in [-0.15, -0.1) is 0 Å². The molecule has 21 heavy (non-hydrogen) atoms. The summed E-state index contributed by atoms with van der Waals surface area (Å²) in [5.41, 5.74) is -0.185. The van der Waals surface area contributed by atoms with Gasteiger partial charge in [0, 0.05) is 18.0 Å². The number of nitrogens with zero attached hydrogens (tertiary/aromatic N) is 3. The molecule has 1 saturated carbocycles. The van der Waals surface area contributed by atoms with Crippen LogP contribution in [-0.4, -0.2) is 45.4 Å². The Hall–Kier alpha value is -1.63. The molecule has 0 aliphatic heterocycles. The van der Waals surface area contributed by atoms with Crippen molar-refractivity contribution in [1.82, 2.24) is 15.0 Å². The van der Waals surface area contributed by atoms with Gasteiger partial charge in [0.1, 0.15) is 0 Å². The fourth-order valence-corrected chi connectivity index (χ4v) is 2.23. The van der Waals surface area contributed by atoms with Crippen LogP contribution in [0.15, 0.2) is 0 Å². The molecule has 1 heterocycles. The molecule has 2 unspecified atom stereocenters. The quantitative estimate of drug-likeness (QED) is 0.704. The molecule has 3 N–H and O–H groups in total. The fraction of sp³-hybridized carbons (Fsp3) is 0.786. The Morgan fingerprint density at radius 2 is 1.95 bits per heavy atom. The van der Waals surface area contributed by atoms with E-state index in [1.54, 1.807) is 0 Å². The van der Waals surface area contributed by atoms with E-state index in [4.69, 9.17) is 4.74 Å². The van der Waals surface area contributed by atoms with Crippen molar-refractivity contribution in [3.8, 4) is 6.01 Å². The van der Waals surface area contributed by atoms with Crippen molar-refractivity contribution in [2.24, 2.45) is 5.41 Å². The van der Waals surface area contributed by atoms with Crippen LogP contribution < -0.4 is 15.4 Å². The highest BCUT2D eigenvalue weighted by molar-refractivity contribution is 5.38. The molecule has 0 aromatic carbocycles. The van der Waals surface area contributed by atoms with Crippen molar-refractivity contribution >= 4 is 11.9 Å². The maximum absolute atomic E-state index is 9.80. The second-order valence-electron chi connectivity index (χ2n) is 5.89. The van der Waals surface area contributed by atoms with Crippen molar-refractivity contribution in [2.75, 3.05) is 23.8 Å². The highest BCUT2D eigenvalue weighted by atomic mass is 16.5. The van der Waals surface area contributed by atoms with Crippen molar-refractivity contribution in [2.45, 2.75) is 52.7 Å². The van der Waals surface area contributed by atoms with Crippen molar-refractivity contribution in [3.63, 3.8) is 0 Å². The van der Waals surface area contributed by atoms with Gasteiger partial charge < -0.3 is 20.5 Å². The van der Waals surface area contributed by atoms with E-state index in [0.29, 0.717) is 30.9 Å². The summed E-state index contributed by atoms with van der Waals surface area (Å²) in [6, 6.07) is 0.453. The number of ether oxygens (including phenoxy) is 1. The topological polar surface area (TPSA) is 92.2 Å². The third-order valence-electron chi connectivity index (χ3n) is 3.94. The van der Waals surface area contributed by atoms with Gasteiger partial charge in [-0.25, -0.2) is 0 Å². The van der Waals surface area contributed by atoms with Gasteiger partial charge in [-0.1, -0.05) is 20.8 Å². The minimum absolute atomic E-state index is 0.142. The first kappa shape index (κ1) is 15.8. The Morgan fingerprint density at radius 1 is 1.24 bits per heavy atom. The van der Waals surface area contributed by atoms with Crippen LogP contribution in [0.3, 0.4) is 0 Å². The highest BCUT2D eigenvalue weighted by Gasteiger charge is 2.47. The second-order valence-corrected chi connectivity index (χ2v) is 5.89. The van der Waals surface area contributed by atoms with Crippen LogP contribution in [0.1, 0.15) is 40.5 Å². The molecule has 118 valence electrons. The summed E-state index contributed by atoms with van der Waals surface area (Å²) in [5.74, 6) is 0.993. The molecular weight excluding hydrogens is 270 g/mol. The third kappa shape index (κ3) is 3.53. The minimum atomic E-state index is -0.291. The molecule has 1 aliphatic rings. The molecule has 1 aromatic heterocycles. The Kier molecular flexibility index (Phi) is 4.82. The van der Waals surface area contributed by atoms with Gasteiger partial charge in [0.15, 0.2) is 0 Å². The SMILES string of the molecule is CCCNc1nc(NC2CC(O)C2(C)C)nc(OCC)n1. The number of aliphatic hydroxyl groups excluding tert-OH is 1. The molecule has 0 amide bonds. The lowest BCUT2D eigenvalue weighted by atomic mass is 9.65. The summed E-state index contributed by atoms with van der Waals surface area (Å²) < 4.78 is 5.38. The predicted molar refractivity (Wildman–Crippen MR) is 81.6 cm³/mol. The van der Waals surface area contributed by atoms with E-state index in [0.717, 1.165) is 13.0 Å². The molecule has 1 fully saturated rings. The van der Waals surface area contributed by atoms with Crippen LogP contribution in [0.5, 0.6) is 6.01 Å². The third-order valence-corrected chi connectivity index (χ3v) is 3.94. The molecule has 2 atom stereocenters. The number of nitrogens with one attached hydrogen (secondary N) is 2. The molecule has 7 nitrogen and oxygen atoms in total. The van der Waals surface area contributed by atoms with Gasteiger partial charge in [0.2, 0.25) is 11.9 Å². The summed E-state index contributed by atoms with van der Waals surface area (Å²) in [7, 11) is 0. The first-order valence-electron chi connectivity index (χ1n) is 7.54. The smallest absolute Gasteiger partial charge is 0.323 e. The van der Waals surface area contributed by atoms with E-state index in [1.165, 1.54) is 0 Å². The number of aliphatic hydroxyl groups is 1. The molecule has 0 saturated heterocycles. The Morgan fingerprint density at radius 3 is 2.52 bits per heavy atom. The largest absolute Gasteiger partial charge is 0.464 e. The predicted octanol–water partition coefficient (Wildman–Crippen LogP) is 1.66. The maximum atomic E-state index is 9.80. The average molecular weight is 295 g/mol. The first-order valence-corrected chi connectivity index (χ1v) is 7.54. The molecule has 1 aromatic rings. The summed E-state index contributed by atoms with van der Waals surface area (Å²) in [4.78, 5) is 12.8. The van der Waals surface area contributed by atoms with E-state index in [-0.39, 0.29) is 17.6 Å². The highest BCUT2D eigenvalue weighted by Crippen LogP contribution is 2.41. The standard InChI is InChI=1S/C14H25N5O2/c1-5-7-15-11-17-12(19-13(18-11)21-6-2)16-9-8-10(20)14(9,3)4/h9-10,20H,5-8H2,1-4H3,(H2,15,16,17,18,19). The molecule has 1 aliphatic carbocycles. The first-order chi connectivity index (χ1) is 9.97. The molecule has 7 heteroatoms. The van der Waals surface area contributed by atoms with Crippen LogP contribution in [0.25, 0.3) is 0 Å². The maximum Gasteiger partial charge on any atom is 0.323 e. The summed E-state index contributed by atoms with van der Waals surface area (Å²) in [6.07, 6.45) is 1.39. The van der Waals surface area contributed by atoms with Crippen LogP contribution in [0.4, 0.5) is 11.9 Å². The zero-order chi connectivity index (χ0) is 15.5. The van der Waals surface area contributed by atoms with Crippen LogP contribution >= 0.6 is 0 Å². The van der Waals surface area contributed by atoms with Crippen LogP contribution in [-0.2, 0) is 0 Å². The van der Waals surface area contributed by atoms with E-state index in [9.17, 15) is 5.11 Å². The van der Waals surface area contributed by atoms with Gasteiger partial charge in [0.25, 0.3) is 0 Å². The Labute approximate surface area is 125 Å². The molecule has 0 bridgehead atoms. The molecule has 0 spiro atoms. The number of aromatic nitrogens is 3. The van der Waals surface area contributed by atoms with E-state index in [1.807, 2.05) is 20.8 Å². The van der Waals surface area contributed by atoms with Crippen molar-refractivity contribution in [3.05, 3.63) is 0 Å². The second kappa shape index (κ2) is 6.43. The van der Waals surface area contributed by atoms with Gasteiger partial charge in [0.05, 0.1) is 12.7 Å². The summed E-state index contributed by atoms with van der Waals surface area (Å²) >= 11 is 0. The van der Waals surface area contributed by atoms with Gasteiger partial charge in [-0.05, 0) is 19.8 Å². The Bertz CT molecular complexity index is 480. The summed E-state index contributed by atoms with van der Waals surface area (Å²) in [5, 5.41) is 16.2.